The van der Waals surface area contributed by atoms with Gasteiger partial charge in [-0.1, -0.05) is 6.07 Å². The second-order valence-corrected chi connectivity index (χ2v) is 9.84. The molecule has 160 valence electrons. The van der Waals surface area contributed by atoms with Crippen LogP contribution in [-0.2, 0) is 6.54 Å². The number of carbonyl (C=O) groups is 1. The minimum Gasteiger partial charge on any atom is -0.497 e. The molecule has 4 aromatic rings. The van der Waals surface area contributed by atoms with E-state index in [1.807, 2.05) is 34.5 Å². The first-order chi connectivity index (χ1) is 15.1. The number of thiazole rings is 1. The summed E-state index contributed by atoms with van der Waals surface area (Å²) in [6.45, 7) is 6.13. The van der Waals surface area contributed by atoms with E-state index in [4.69, 9.17) is 9.72 Å². The quantitative estimate of drug-likeness (QED) is 0.450. The summed E-state index contributed by atoms with van der Waals surface area (Å²) in [5, 5.41) is 1.96. The average molecular weight is 453 g/mol. The Labute approximate surface area is 189 Å². The molecular formula is C23H24N4O2S2. The summed E-state index contributed by atoms with van der Waals surface area (Å²) in [5.74, 6) is 0.988. The van der Waals surface area contributed by atoms with E-state index in [9.17, 15) is 4.79 Å². The van der Waals surface area contributed by atoms with E-state index in [0.717, 1.165) is 59.6 Å². The van der Waals surface area contributed by atoms with Gasteiger partial charge in [-0.25, -0.2) is 4.98 Å². The van der Waals surface area contributed by atoms with E-state index >= 15 is 0 Å². The number of aryl methyl sites for hydroxylation is 1. The molecule has 1 aliphatic rings. The first-order valence-electron chi connectivity index (χ1n) is 10.3. The molecule has 0 unspecified atom stereocenters. The van der Waals surface area contributed by atoms with Crippen molar-refractivity contribution in [2.45, 2.75) is 13.5 Å². The Kier molecular flexibility index (Phi) is 5.52. The third kappa shape index (κ3) is 3.98. The maximum absolute atomic E-state index is 12.6. The molecule has 0 radical (unpaired) electrons. The zero-order chi connectivity index (χ0) is 21.4. The summed E-state index contributed by atoms with van der Waals surface area (Å²) in [7, 11) is 1.68. The highest BCUT2D eigenvalue weighted by Gasteiger charge is 2.25. The number of ether oxygens (including phenoxy) is 1. The zero-order valence-electron chi connectivity index (χ0n) is 17.6. The number of piperazine rings is 1. The Morgan fingerprint density at radius 2 is 1.90 bits per heavy atom. The van der Waals surface area contributed by atoms with Gasteiger partial charge in [0.05, 0.1) is 23.4 Å². The molecule has 4 heterocycles. The summed E-state index contributed by atoms with van der Waals surface area (Å²) in [4.78, 5) is 25.1. The Morgan fingerprint density at radius 3 is 2.58 bits per heavy atom. The summed E-state index contributed by atoms with van der Waals surface area (Å²) in [6.07, 6.45) is 2.17. The third-order valence-electron chi connectivity index (χ3n) is 5.67. The molecule has 1 fully saturated rings. The number of thiophene rings is 1. The van der Waals surface area contributed by atoms with Crippen LogP contribution in [0.1, 0.15) is 20.2 Å². The molecule has 31 heavy (non-hydrogen) atoms. The van der Waals surface area contributed by atoms with Crippen molar-refractivity contribution in [3.63, 3.8) is 0 Å². The van der Waals surface area contributed by atoms with Crippen LogP contribution >= 0.6 is 22.7 Å². The number of hydrogen-bond acceptors (Lipinski definition) is 6. The van der Waals surface area contributed by atoms with Gasteiger partial charge in [0.1, 0.15) is 5.75 Å². The molecule has 3 aromatic heterocycles. The molecule has 0 bridgehead atoms. The maximum atomic E-state index is 12.6. The van der Waals surface area contributed by atoms with E-state index in [-0.39, 0.29) is 5.91 Å². The summed E-state index contributed by atoms with van der Waals surface area (Å²) in [6, 6.07) is 11.9. The fourth-order valence-electron chi connectivity index (χ4n) is 4.01. The fourth-order valence-corrected chi connectivity index (χ4v) is 5.54. The summed E-state index contributed by atoms with van der Waals surface area (Å²) >= 11 is 3.22. The van der Waals surface area contributed by atoms with Crippen molar-refractivity contribution in [1.82, 2.24) is 19.2 Å². The molecule has 8 heteroatoms. The van der Waals surface area contributed by atoms with Gasteiger partial charge in [0.2, 0.25) is 0 Å². The second kappa shape index (κ2) is 8.45. The minimum atomic E-state index is 0.147. The number of amides is 1. The van der Waals surface area contributed by atoms with Crippen LogP contribution in [0, 0.1) is 6.92 Å². The number of imidazole rings is 1. The van der Waals surface area contributed by atoms with Crippen molar-refractivity contribution in [2.75, 3.05) is 33.3 Å². The highest BCUT2D eigenvalue weighted by molar-refractivity contribution is 7.17. The molecule has 6 nitrogen and oxygen atoms in total. The van der Waals surface area contributed by atoms with Crippen LogP contribution in [0.5, 0.6) is 5.75 Å². The van der Waals surface area contributed by atoms with E-state index in [1.54, 1.807) is 18.4 Å². The molecule has 1 amide bonds. The SMILES string of the molecule is COc1ccc(-c2nc3sc(C)cn3c2CN2CCN(C(=O)c3cccs3)CC2)cc1. The predicted octanol–water partition coefficient (Wildman–Crippen LogP) is 4.40. The van der Waals surface area contributed by atoms with Crippen LogP contribution in [0.2, 0.25) is 0 Å². The summed E-state index contributed by atoms with van der Waals surface area (Å²) in [5.41, 5.74) is 3.31. The van der Waals surface area contributed by atoms with Crippen LogP contribution in [0.4, 0.5) is 0 Å². The lowest BCUT2D eigenvalue weighted by atomic mass is 10.1. The largest absolute Gasteiger partial charge is 0.497 e. The molecule has 0 atom stereocenters. The first kappa shape index (κ1) is 20.2. The van der Waals surface area contributed by atoms with Gasteiger partial charge in [-0.3, -0.25) is 14.1 Å². The monoisotopic (exact) mass is 452 g/mol. The standard InChI is InChI=1S/C23H24N4O2S2/c1-16-14-27-19(21(24-23(27)31-16)17-5-7-18(29-2)8-6-17)15-25-9-11-26(12-10-25)22(28)20-4-3-13-30-20/h3-8,13-14H,9-12,15H2,1-2H3. The van der Waals surface area contributed by atoms with Gasteiger partial charge in [0, 0.05) is 49.4 Å². The molecule has 1 aromatic carbocycles. The molecule has 0 aliphatic carbocycles. The van der Waals surface area contributed by atoms with Crippen LogP contribution in [0.15, 0.2) is 48.0 Å². The highest BCUT2D eigenvalue weighted by atomic mass is 32.1. The van der Waals surface area contributed by atoms with Crippen molar-refractivity contribution < 1.29 is 9.53 Å². The van der Waals surface area contributed by atoms with Gasteiger partial charge < -0.3 is 9.64 Å². The number of carbonyl (C=O) groups excluding carboxylic acids is 1. The number of aromatic nitrogens is 2. The van der Waals surface area contributed by atoms with E-state index in [1.165, 1.54) is 21.9 Å². The van der Waals surface area contributed by atoms with Gasteiger partial charge >= 0.3 is 0 Å². The van der Waals surface area contributed by atoms with Crippen LogP contribution in [0.3, 0.4) is 0 Å². The van der Waals surface area contributed by atoms with E-state index in [2.05, 4.69) is 34.6 Å². The number of rotatable bonds is 5. The Morgan fingerprint density at radius 1 is 1.13 bits per heavy atom. The number of benzene rings is 1. The molecule has 1 aliphatic heterocycles. The number of hydrogen-bond donors (Lipinski definition) is 0. The number of nitrogens with zero attached hydrogens (tertiary/aromatic N) is 4. The maximum Gasteiger partial charge on any atom is 0.264 e. The van der Waals surface area contributed by atoms with Crippen molar-refractivity contribution in [3.05, 3.63) is 63.4 Å². The molecule has 0 N–H and O–H groups in total. The molecular weight excluding hydrogens is 428 g/mol. The Bertz CT molecular complexity index is 1190. The van der Waals surface area contributed by atoms with Crippen molar-refractivity contribution in [3.8, 4) is 17.0 Å². The fraction of sp³-hybridized carbons (Fsp3) is 0.304. The van der Waals surface area contributed by atoms with Gasteiger partial charge in [-0.15, -0.1) is 22.7 Å². The van der Waals surface area contributed by atoms with E-state index < -0.39 is 0 Å². The van der Waals surface area contributed by atoms with Gasteiger partial charge in [-0.05, 0) is 42.6 Å². The van der Waals surface area contributed by atoms with Gasteiger partial charge in [0.15, 0.2) is 4.96 Å². The average Bonchev–Trinajstić information content (AvgIpc) is 3.52. The van der Waals surface area contributed by atoms with Crippen LogP contribution in [-0.4, -0.2) is 58.4 Å². The lowest BCUT2D eigenvalue weighted by Crippen LogP contribution is -2.48. The van der Waals surface area contributed by atoms with Gasteiger partial charge in [-0.2, -0.15) is 0 Å². The topological polar surface area (TPSA) is 50.1 Å². The molecule has 0 saturated carbocycles. The predicted molar refractivity (Wildman–Crippen MR) is 125 cm³/mol. The summed E-state index contributed by atoms with van der Waals surface area (Å²) < 4.78 is 7.53. The van der Waals surface area contributed by atoms with E-state index in [0.29, 0.717) is 0 Å². The van der Waals surface area contributed by atoms with Crippen molar-refractivity contribution >= 4 is 33.5 Å². The lowest BCUT2D eigenvalue weighted by Gasteiger charge is -2.34. The van der Waals surface area contributed by atoms with Gasteiger partial charge in [0.25, 0.3) is 5.91 Å². The number of fused-ring (bicyclic) bond motifs is 1. The third-order valence-corrected chi connectivity index (χ3v) is 7.42. The van der Waals surface area contributed by atoms with Crippen LogP contribution < -0.4 is 4.74 Å². The number of methoxy groups -OCH3 is 1. The second-order valence-electron chi connectivity index (χ2n) is 7.68. The van der Waals surface area contributed by atoms with Crippen molar-refractivity contribution in [2.24, 2.45) is 0 Å². The Hall–Kier alpha value is -2.68. The zero-order valence-corrected chi connectivity index (χ0v) is 19.2. The van der Waals surface area contributed by atoms with Crippen molar-refractivity contribution in [1.29, 1.82) is 0 Å². The van der Waals surface area contributed by atoms with Crippen LogP contribution in [0.25, 0.3) is 16.2 Å². The molecule has 1 saturated heterocycles. The normalized spacial score (nSPS) is 15.0. The lowest BCUT2D eigenvalue weighted by molar-refractivity contribution is 0.0631. The molecule has 0 spiro atoms. The Balaban J connectivity index is 1.36. The first-order valence-corrected chi connectivity index (χ1v) is 12.0. The highest BCUT2D eigenvalue weighted by Crippen LogP contribution is 2.30. The smallest absolute Gasteiger partial charge is 0.264 e. The minimum absolute atomic E-state index is 0.147. The molecule has 5 rings (SSSR count).